The van der Waals surface area contributed by atoms with Gasteiger partial charge in [-0.3, -0.25) is 4.90 Å². The number of fused-ring (bicyclic) bond motifs is 1. The Bertz CT molecular complexity index is 1190. The molecule has 0 heterocycles. The van der Waals surface area contributed by atoms with Crippen molar-refractivity contribution in [2.45, 2.75) is 6.04 Å². The van der Waals surface area contributed by atoms with E-state index in [2.05, 4.69) is 49.3 Å². The normalized spacial score (nSPS) is 12.3. The minimum absolute atomic E-state index is 0.00675. The molecule has 0 fully saturated rings. The fourth-order valence-corrected chi connectivity index (χ4v) is 4.32. The van der Waals surface area contributed by atoms with Gasteiger partial charge in [0, 0.05) is 10.4 Å². The Labute approximate surface area is 182 Å². The monoisotopic (exact) mass is 417 g/mol. The summed E-state index contributed by atoms with van der Waals surface area (Å²) in [7, 11) is 5.84. The van der Waals surface area contributed by atoms with E-state index in [4.69, 9.17) is 16.3 Å². The molecule has 1 N–H and O–H groups in total. The Balaban J connectivity index is 2.03. The summed E-state index contributed by atoms with van der Waals surface area (Å²) >= 11 is 6.53. The number of ether oxygens (including phenoxy) is 1. The predicted molar refractivity (Wildman–Crippen MR) is 125 cm³/mol. The summed E-state index contributed by atoms with van der Waals surface area (Å²) < 4.78 is 5.47. The van der Waals surface area contributed by atoms with Crippen molar-refractivity contribution in [2.24, 2.45) is 0 Å². The minimum Gasteiger partial charge on any atom is -0.508 e. The zero-order chi connectivity index (χ0) is 21.3. The summed E-state index contributed by atoms with van der Waals surface area (Å²) in [6.45, 7) is 0. The first-order valence-electron chi connectivity index (χ1n) is 9.80. The number of nitrogens with zero attached hydrogens (tertiary/aromatic N) is 1. The molecule has 4 heteroatoms. The van der Waals surface area contributed by atoms with Gasteiger partial charge in [0.2, 0.25) is 0 Å². The fraction of sp³-hybridized carbons (Fsp3) is 0.154. The lowest BCUT2D eigenvalue weighted by Crippen LogP contribution is -2.22. The zero-order valence-corrected chi connectivity index (χ0v) is 18.0. The van der Waals surface area contributed by atoms with Gasteiger partial charge in [-0.2, -0.15) is 0 Å². The maximum absolute atomic E-state index is 9.82. The van der Waals surface area contributed by atoms with Gasteiger partial charge < -0.3 is 9.84 Å². The second-order valence-corrected chi connectivity index (χ2v) is 7.96. The number of methoxy groups -OCH3 is 1. The molecule has 0 aliphatic rings. The van der Waals surface area contributed by atoms with Gasteiger partial charge in [0.05, 0.1) is 13.2 Å². The Morgan fingerprint density at radius 2 is 1.60 bits per heavy atom. The molecule has 4 aromatic rings. The summed E-state index contributed by atoms with van der Waals surface area (Å²) in [5, 5.41) is 12.6. The van der Waals surface area contributed by atoms with Crippen LogP contribution >= 0.6 is 11.6 Å². The third-order valence-electron chi connectivity index (χ3n) is 5.42. The Morgan fingerprint density at radius 1 is 0.867 bits per heavy atom. The van der Waals surface area contributed by atoms with Crippen molar-refractivity contribution < 1.29 is 9.84 Å². The number of phenolic OH excluding ortho intramolecular Hbond substituents is 1. The van der Waals surface area contributed by atoms with E-state index < -0.39 is 0 Å². The first-order chi connectivity index (χ1) is 14.5. The smallest absolute Gasteiger partial charge is 0.119 e. The van der Waals surface area contributed by atoms with E-state index in [1.165, 1.54) is 0 Å². The van der Waals surface area contributed by atoms with E-state index in [1.54, 1.807) is 19.2 Å². The number of hydrogen-bond acceptors (Lipinski definition) is 3. The van der Waals surface area contributed by atoms with Crippen molar-refractivity contribution in [3.63, 3.8) is 0 Å². The average Bonchev–Trinajstić information content (AvgIpc) is 2.75. The van der Waals surface area contributed by atoms with Gasteiger partial charge >= 0.3 is 0 Å². The van der Waals surface area contributed by atoms with Crippen LogP contribution in [0.25, 0.3) is 21.9 Å². The lowest BCUT2D eigenvalue weighted by molar-refractivity contribution is 0.341. The van der Waals surface area contributed by atoms with Crippen molar-refractivity contribution in [1.29, 1.82) is 0 Å². The largest absolute Gasteiger partial charge is 0.508 e. The number of phenols is 1. The maximum Gasteiger partial charge on any atom is 0.119 e. The number of benzene rings is 4. The van der Waals surface area contributed by atoms with E-state index in [9.17, 15) is 5.11 Å². The molecule has 30 heavy (non-hydrogen) atoms. The van der Waals surface area contributed by atoms with Gasteiger partial charge in [-0.15, -0.1) is 0 Å². The number of aromatic hydroxyl groups is 1. The van der Waals surface area contributed by atoms with Crippen LogP contribution in [0.15, 0.2) is 78.9 Å². The summed E-state index contributed by atoms with van der Waals surface area (Å²) in [5.41, 5.74) is 4.44. The van der Waals surface area contributed by atoms with Gasteiger partial charge in [-0.05, 0) is 72.1 Å². The topological polar surface area (TPSA) is 32.7 Å². The molecule has 3 nitrogen and oxygen atoms in total. The van der Waals surface area contributed by atoms with E-state index in [0.29, 0.717) is 0 Å². The first-order valence-corrected chi connectivity index (χ1v) is 10.2. The van der Waals surface area contributed by atoms with Crippen LogP contribution in [0.2, 0.25) is 5.02 Å². The molecule has 1 atom stereocenters. The van der Waals surface area contributed by atoms with E-state index in [1.807, 2.05) is 36.4 Å². The molecular formula is C26H24ClNO2. The molecule has 0 amide bonds. The molecular weight excluding hydrogens is 394 g/mol. The Kier molecular flexibility index (Phi) is 5.67. The third kappa shape index (κ3) is 3.74. The van der Waals surface area contributed by atoms with Crippen LogP contribution in [0.4, 0.5) is 0 Å². The van der Waals surface area contributed by atoms with Crippen molar-refractivity contribution in [1.82, 2.24) is 4.90 Å². The molecule has 4 aromatic carbocycles. The fourth-order valence-electron chi connectivity index (χ4n) is 4.08. The van der Waals surface area contributed by atoms with E-state index in [0.717, 1.165) is 43.8 Å². The molecule has 152 valence electrons. The SMILES string of the molecule is COc1cccc(C(c2ccc3c(Cl)cccc3c2-c2ccc(O)cc2)N(C)C)c1. The molecule has 0 aromatic heterocycles. The van der Waals surface area contributed by atoms with Gasteiger partial charge in [-0.25, -0.2) is 0 Å². The molecule has 0 radical (unpaired) electrons. The molecule has 0 bridgehead atoms. The summed E-state index contributed by atoms with van der Waals surface area (Å²) in [4.78, 5) is 2.20. The molecule has 0 saturated heterocycles. The van der Waals surface area contributed by atoms with Gasteiger partial charge in [0.15, 0.2) is 0 Å². The van der Waals surface area contributed by atoms with Crippen LogP contribution in [0.3, 0.4) is 0 Å². The lowest BCUT2D eigenvalue weighted by Gasteiger charge is -2.29. The molecule has 1 unspecified atom stereocenters. The quantitative estimate of drug-likeness (QED) is 0.401. The first kappa shape index (κ1) is 20.3. The number of halogens is 1. The van der Waals surface area contributed by atoms with Gasteiger partial charge in [-0.1, -0.05) is 60.1 Å². The van der Waals surface area contributed by atoms with Crippen molar-refractivity contribution in [2.75, 3.05) is 21.2 Å². The van der Waals surface area contributed by atoms with Crippen molar-refractivity contribution in [3.8, 4) is 22.6 Å². The summed E-state index contributed by atoms with van der Waals surface area (Å²) in [6.07, 6.45) is 0. The van der Waals surface area contributed by atoms with Crippen LogP contribution in [-0.4, -0.2) is 31.2 Å². The number of rotatable bonds is 5. The second-order valence-electron chi connectivity index (χ2n) is 7.55. The van der Waals surface area contributed by atoms with Crippen LogP contribution in [0.5, 0.6) is 11.5 Å². The summed E-state index contributed by atoms with van der Waals surface area (Å²) in [5.74, 6) is 1.07. The number of hydrogen-bond donors (Lipinski definition) is 1. The molecule has 0 aliphatic heterocycles. The van der Waals surface area contributed by atoms with Crippen LogP contribution in [-0.2, 0) is 0 Å². The van der Waals surface area contributed by atoms with Crippen LogP contribution < -0.4 is 4.74 Å². The highest BCUT2D eigenvalue weighted by molar-refractivity contribution is 6.36. The minimum atomic E-state index is 0.00675. The van der Waals surface area contributed by atoms with E-state index in [-0.39, 0.29) is 11.8 Å². The van der Waals surface area contributed by atoms with E-state index >= 15 is 0 Å². The highest BCUT2D eigenvalue weighted by Crippen LogP contribution is 2.41. The molecule has 4 rings (SSSR count). The third-order valence-corrected chi connectivity index (χ3v) is 5.75. The van der Waals surface area contributed by atoms with Crippen LogP contribution in [0, 0.1) is 0 Å². The highest BCUT2D eigenvalue weighted by atomic mass is 35.5. The second kappa shape index (κ2) is 8.39. The Morgan fingerprint density at radius 3 is 2.30 bits per heavy atom. The molecule has 0 aliphatic carbocycles. The van der Waals surface area contributed by atoms with Crippen molar-refractivity contribution in [3.05, 3.63) is 95.0 Å². The van der Waals surface area contributed by atoms with Crippen LogP contribution in [0.1, 0.15) is 17.2 Å². The standard InChI is InChI=1S/C26H24ClNO2/c1-28(2)26(18-6-4-7-20(16-18)30-3)23-15-14-21-22(8-5-9-24(21)27)25(23)17-10-12-19(29)13-11-17/h4-16,26,29H,1-3H3. The predicted octanol–water partition coefficient (Wildman–Crippen LogP) is 6.53. The lowest BCUT2D eigenvalue weighted by atomic mass is 9.86. The average molecular weight is 418 g/mol. The molecule has 0 spiro atoms. The maximum atomic E-state index is 9.82. The molecule has 0 saturated carbocycles. The zero-order valence-electron chi connectivity index (χ0n) is 17.3. The van der Waals surface area contributed by atoms with Crippen molar-refractivity contribution >= 4 is 22.4 Å². The van der Waals surface area contributed by atoms with Gasteiger partial charge in [0.25, 0.3) is 0 Å². The highest BCUT2D eigenvalue weighted by Gasteiger charge is 2.23. The van der Waals surface area contributed by atoms with Gasteiger partial charge in [0.1, 0.15) is 11.5 Å². The summed E-state index contributed by atoms with van der Waals surface area (Å²) in [6, 6.07) is 25.8. The Hall–Kier alpha value is -3.01.